The highest BCUT2D eigenvalue weighted by atomic mass is 32.2. The number of aryl methyl sites for hydroxylation is 1. The number of non-ortho nitro benzene ring substituents is 1. The summed E-state index contributed by atoms with van der Waals surface area (Å²) in [4.78, 5) is 24.3. The SMILES string of the molecule is CC(CCc1ccccc1)NC(=O)N1CCN(S(=O)(=O)c2ccc([N+](=O)[O-])cc2)CC1. The topological polar surface area (TPSA) is 113 Å². The highest BCUT2D eigenvalue weighted by Gasteiger charge is 2.30. The number of carbonyl (C=O) groups is 1. The molecule has 0 radical (unpaired) electrons. The monoisotopic (exact) mass is 446 g/mol. The number of benzene rings is 2. The van der Waals surface area contributed by atoms with Crippen LogP contribution in [0.25, 0.3) is 0 Å². The van der Waals surface area contributed by atoms with Crippen LogP contribution >= 0.6 is 0 Å². The van der Waals surface area contributed by atoms with Crippen LogP contribution in [-0.4, -0.2) is 60.8 Å². The molecule has 2 aromatic rings. The first-order valence-electron chi connectivity index (χ1n) is 10.1. The Kier molecular flexibility index (Phi) is 7.24. The zero-order chi connectivity index (χ0) is 22.4. The molecule has 3 rings (SSSR count). The molecule has 1 fully saturated rings. The highest BCUT2D eigenvalue weighted by molar-refractivity contribution is 7.89. The number of nitrogens with one attached hydrogen (secondary N) is 1. The summed E-state index contributed by atoms with van der Waals surface area (Å²) in [6, 6.07) is 14.7. The average Bonchev–Trinajstić information content (AvgIpc) is 2.78. The first kappa shape index (κ1) is 22.7. The Bertz CT molecular complexity index is 1000. The molecule has 1 heterocycles. The third-order valence-corrected chi connectivity index (χ3v) is 7.20. The second-order valence-corrected chi connectivity index (χ2v) is 9.45. The zero-order valence-corrected chi connectivity index (χ0v) is 18.1. The van der Waals surface area contributed by atoms with Gasteiger partial charge in [0.15, 0.2) is 0 Å². The van der Waals surface area contributed by atoms with Crippen molar-refractivity contribution in [3.8, 4) is 0 Å². The third-order valence-electron chi connectivity index (χ3n) is 5.29. The number of hydrogen-bond donors (Lipinski definition) is 1. The van der Waals surface area contributed by atoms with Crippen molar-refractivity contribution >= 4 is 21.7 Å². The Labute approximate surface area is 181 Å². The van der Waals surface area contributed by atoms with E-state index in [0.717, 1.165) is 12.8 Å². The summed E-state index contributed by atoms with van der Waals surface area (Å²) >= 11 is 0. The first-order valence-corrected chi connectivity index (χ1v) is 11.6. The Morgan fingerprint density at radius 1 is 1.06 bits per heavy atom. The summed E-state index contributed by atoms with van der Waals surface area (Å²) in [5, 5.41) is 13.7. The van der Waals surface area contributed by atoms with Crippen LogP contribution in [0.3, 0.4) is 0 Å². The maximum Gasteiger partial charge on any atom is 0.317 e. The third kappa shape index (κ3) is 5.80. The number of piperazine rings is 1. The molecule has 166 valence electrons. The van der Waals surface area contributed by atoms with Gasteiger partial charge in [-0.3, -0.25) is 10.1 Å². The van der Waals surface area contributed by atoms with Crippen molar-refractivity contribution in [1.82, 2.24) is 14.5 Å². The van der Waals surface area contributed by atoms with Crippen molar-refractivity contribution in [1.29, 1.82) is 0 Å². The zero-order valence-electron chi connectivity index (χ0n) is 17.3. The number of nitro groups is 1. The van der Waals surface area contributed by atoms with Gasteiger partial charge in [0.1, 0.15) is 0 Å². The number of urea groups is 1. The Morgan fingerprint density at radius 3 is 2.26 bits per heavy atom. The number of rotatable bonds is 7. The van der Waals surface area contributed by atoms with Gasteiger partial charge < -0.3 is 10.2 Å². The predicted octanol–water partition coefficient (Wildman–Crippen LogP) is 2.63. The van der Waals surface area contributed by atoms with E-state index in [1.54, 1.807) is 4.90 Å². The van der Waals surface area contributed by atoms with E-state index in [1.807, 2.05) is 25.1 Å². The minimum absolute atomic E-state index is 0.00502. The Balaban J connectivity index is 1.50. The van der Waals surface area contributed by atoms with Gasteiger partial charge in [0.05, 0.1) is 9.82 Å². The number of hydrogen-bond acceptors (Lipinski definition) is 5. The largest absolute Gasteiger partial charge is 0.336 e. The summed E-state index contributed by atoms with van der Waals surface area (Å²) in [7, 11) is -3.76. The molecular formula is C21H26N4O5S. The number of amides is 2. The maximum atomic E-state index is 12.8. The lowest BCUT2D eigenvalue weighted by atomic mass is 10.1. The maximum absolute atomic E-state index is 12.8. The van der Waals surface area contributed by atoms with Crippen molar-refractivity contribution < 1.29 is 18.1 Å². The lowest BCUT2D eigenvalue weighted by Gasteiger charge is -2.34. The van der Waals surface area contributed by atoms with Crippen molar-refractivity contribution in [2.24, 2.45) is 0 Å². The smallest absolute Gasteiger partial charge is 0.317 e. The van der Waals surface area contributed by atoms with E-state index in [-0.39, 0.29) is 48.8 Å². The molecule has 1 aliphatic rings. The van der Waals surface area contributed by atoms with Crippen LogP contribution in [0.4, 0.5) is 10.5 Å². The molecule has 0 bridgehead atoms. The van der Waals surface area contributed by atoms with Gasteiger partial charge in [-0.15, -0.1) is 0 Å². The fourth-order valence-electron chi connectivity index (χ4n) is 3.42. The summed E-state index contributed by atoms with van der Waals surface area (Å²) < 4.78 is 26.9. The summed E-state index contributed by atoms with van der Waals surface area (Å²) in [5.74, 6) is 0. The number of nitrogens with zero attached hydrogens (tertiary/aromatic N) is 3. The van der Waals surface area contributed by atoms with E-state index in [9.17, 15) is 23.3 Å². The molecule has 2 amide bonds. The first-order chi connectivity index (χ1) is 14.8. The Hall–Kier alpha value is -2.98. The van der Waals surface area contributed by atoms with Crippen molar-refractivity contribution in [2.45, 2.75) is 30.7 Å². The molecule has 2 aromatic carbocycles. The van der Waals surface area contributed by atoms with Crippen molar-refractivity contribution in [2.75, 3.05) is 26.2 Å². The van der Waals surface area contributed by atoms with Crippen LogP contribution in [0.1, 0.15) is 18.9 Å². The van der Waals surface area contributed by atoms with Gasteiger partial charge in [-0.2, -0.15) is 4.31 Å². The highest BCUT2D eigenvalue weighted by Crippen LogP contribution is 2.21. The lowest BCUT2D eigenvalue weighted by molar-refractivity contribution is -0.384. The van der Waals surface area contributed by atoms with Crippen LogP contribution in [0.2, 0.25) is 0 Å². The average molecular weight is 447 g/mol. The summed E-state index contributed by atoms with van der Waals surface area (Å²) in [6.07, 6.45) is 1.67. The number of sulfonamides is 1. The van der Waals surface area contributed by atoms with Crippen LogP contribution in [0, 0.1) is 10.1 Å². The van der Waals surface area contributed by atoms with E-state index in [0.29, 0.717) is 0 Å². The molecule has 0 spiro atoms. The van der Waals surface area contributed by atoms with E-state index >= 15 is 0 Å². The van der Waals surface area contributed by atoms with Gasteiger partial charge in [-0.05, 0) is 37.5 Å². The van der Waals surface area contributed by atoms with Crippen molar-refractivity contribution in [3.63, 3.8) is 0 Å². The molecule has 31 heavy (non-hydrogen) atoms. The Morgan fingerprint density at radius 2 is 1.68 bits per heavy atom. The fourth-order valence-corrected chi connectivity index (χ4v) is 4.84. The summed E-state index contributed by atoms with van der Waals surface area (Å²) in [5.41, 5.74) is 1.05. The quantitative estimate of drug-likeness (QED) is 0.519. The van der Waals surface area contributed by atoms with E-state index in [4.69, 9.17) is 0 Å². The number of carbonyl (C=O) groups excluding carboxylic acids is 1. The molecule has 1 aliphatic heterocycles. The van der Waals surface area contributed by atoms with Gasteiger partial charge in [-0.25, -0.2) is 13.2 Å². The second-order valence-electron chi connectivity index (χ2n) is 7.52. The minimum Gasteiger partial charge on any atom is -0.336 e. The molecule has 1 N–H and O–H groups in total. The van der Waals surface area contributed by atoms with E-state index < -0.39 is 14.9 Å². The molecule has 0 aromatic heterocycles. The molecular weight excluding hydrogens is 420 g/mol. The molecule has 0 saturated carbocycles. The second kappa shape index (κ2) is 9.88. The molecule has 9 nitrogen and oxygen atoms in total. The van der Waals surface area contributed by atoms with Crippen LogP contribution < -0.4 is 5.32 Å². The van der Waals surface area contributed by atoms with Gasteiger partial charge >= 0.3 is 6.03 Å². The molecule has 1 atom stereocenters. The van der Waals surface area contributed by atoms with E-state index in [2.05, 4.69) is 17.4 Å². The lowest BCUT2D eigenvalue weighted by Crippen LogP contribution is -2.54. The van der Waals surface area contributed by atoms with Gasteiger partial charge in [-0.1, -0.05) is 30.3 Å². The van der Waals surface area contributed by atoms with Crippen LogP contribution in [0.15, 0.2) is 59.5 Å². The normalized spacial score (nSPS) is 16.0. The molecule has 0 aliphatic carbocycles. The molecule has 1 unspecified atom stereocenters. The van der Waals surface area contributed by atoms with Crippen LogP contribution in [-0.2, 0) is 16.4 Å². The molecule has 1 saturated heterocycles. The fraction of sp³-hybridized carbons (Fsp3) is 0.381. The standard InChI is InChI=1S/C21H26N4O5S/c1-17(7-8-18-5-3-2-4-6-18)22-21(26)23-13-15-24(16-14-23)31(29,30)20-11-9-19(10-12-20)25(27)28/h2-6,9-12,17H,7-8,13-16H2,1H3,(H,22,26). The number of nitro benzene ring substituents is 1. The molecule has 10 heteroatoms. The minimum atomic E-state index is -3.76. The van der Waals surface area contributed by atoms with Gasteiger partial charge in [0, 0.05) is 44.4 Å². The van der Waals surface area contributed by atoms with Gasteiger partial charge in [0.2, 0.25) is 10.0 Å². The van der Waals surface area contributed by atoms with Gasteiger partial charge in [0.25, 0.3) is 5.69 Å². The van der Waals surface area contributed by atoms with Crippen LogP contribution in [0.5, 0.6) is 0 Å². The predicted molar refractivity (Wildman–Crippen MR) is 116 cm³/mol. The van der Waals surface area contributed by atoms with Crippen molar-refractivity contribution in [3.05, 3.63) is 70.3 Å². The summed E-state index contributed by atoms with van der Waals surface area (Å²) in [6.45, 7) is 2.86. The van der Waals surface area contributed by atoms with E-state index in [1.165, 1.54) is 34.1 Å².